The maximum Gasteiger partial charge on any atom is 0.244 e. The van der Waals surface area contributed by atoms with Gasteiger partial charge < -0.3 is 0 Å². The summed E-state index contributed by atoms with van der Waals surface area (Å²) in [6.07, 6.45) is 3.99. The van der Waals surface area contributed by atoms with Crippen LogP contribution in [-0.4, -0.2) is 36.1 Å². The summed E-state index contributed by atoms with van der Waals surface area (Å²) in [6, 6.07) is 1.01. The second-order valence-electron chi connectivity index (χ2n) is 4.33. The van der Waals surface area contributed by atoms with E-state index in [9.17, 15) is 12.8 Å². The predicted molar refractivity (Wildman–Crippen MR) is 69.5 cm³/mol. The summed E-state index contributed by atoms with van der Waals surface area (Å²) in [6.45, 7) is 1.00. The van der Waals surface area contributed by atoms with Gasteiger partial charge in [0.1, 0.15) is 10.7 Å². The fourth-order valence-electron chi connectivity index (χ4n) is 2.09. The van der Waals surface area contributed by atoms with Crippen LogP contribution >= 0.6 is 15.9 Å². The molecule has 1 atom stereocenters. The van der Waals surface area contributed by atoms with Gasteiger partial charge in [0.25, 0.3) is 0 Å². The van der Waals surface area contributed by atoms with Crippen LogP contribution in [0.5, 0.6) is 0 Å². The van der Waals surface area contributed by atoms with E-state index >= 15 is 0 Å². The fourth-order valence-corrected chi connectivity index (χ4v) is 4.24. The zero-order valence-corrected chi connectivity index (χ0v) is 12.1. The number of nitrogens with zero attached hydrogens (tertiary/aromatic N) is 2. The minimum absolute atomic E-state index is 0.0676. The third kappa shape index (κ3) is 2.89. The van der Waals surface area contributed by atoms with E-state index in [0.717, 1.165) is 30.4 Å². The number of hydrogen-bond donors (Lipinski definition) is 0. The Labute approximate surface area is 114 Å². The van der Waals surface area contributed by atoms with Crippen molar-refractivity contribution in [2.45, 2.75) is 17.7 Å². The van der Waals surface area contributed by atoms with Crippen molar-refractivity contribution < 1.29 is 12.8 Å². The van der Waals surface area contributed by atoms with Crippen LogP contribution in [0.4, 0.5) is 4.39 Å². The van der Waals surface area contributed by atoms with Crippen LogP contribution < -0.4 is 0 Å². The largest absolute Gasteiger partial charge is 0.260 e. The Morgan fingerprint density at radius 3 is 2.94 bits per heavy atom. The molecular weight excluding hydrogens is 323 g/mol. The van der Waals surface area contributed by atoms with Gasteiger partial charge in [0, 0.05) is 24.6 Å². The Morgan fingerprint density at radius 1 is 1.50 bits per heavy atom. The number of halogens is 2. The van der Waals surface area contributed by atoms with Crippen molar-refractivity contribution in [3.8, 4) is 0 Å². The number of hydrogen-bond acceptors (Lipinski definition) is 3. The minimum atomic E-state index is -3.60. The standard InChI is InChI=1S/C11H14BrFN2O2S/c12-3-1-9-2-4-15(8-9)18(16,17)11-5-10(13)6-14-7-11/h5-7,9H,1-4,8H2. The van der Waals surface area contributed by atoms with Gasteiger partial charge in [0.2, 0.25) is 10.0 Å². The van der Waals surface area contributed by atoms with Crippen molar-refractivity contribution in [2.24, 2.45) is 5.92 Å². The van der Waals surface area contributed by atoms with E-state index in [2.05, 4.69) is 20.9 Å². The lowest BCUT2D eigenvalue weighted by Gasteiger charge is -2.16. The molecular formula is C11H14BrFN2O2S. The van der Waals surface area contributed by atoms with Crippen LogP contribution in [-0.2, 0) is 10.0 Å². The minimum Gasteiger partial charge on any atom is -0.260 e. The fraction of sp³-hybridized carbons (Fsp3) is 0.545. The molecule has 0 radical (unpaired) electrons. The highest BCUT2D eigenvalue weighted by Gasteiger charge is 2.32. The average Bonchev–Trinajstić information content (AvgIpc) is 2.79. The van der Waals surface area contributed by atoms with E-state index in [-0.39, 0.29) is 4.90 Å². The van der Waals surface area contributed by atoms with Crippen LogP contribution in [0.25, 0.3) is 0 Å². The van der Waals surface area contributed by atoms with Gasteiger partial charge in [-0.2, -0.15) is 4.31 Å². The lowest BCUT2D eigenvalue weighted by molar-refractivity contribution is 0.453. The molecule has 2 heterocycles. The molecule has 0 spiro atoms. The first-order chi connectivity index (χ1) is 8.54. The molecule has 0 aliphatic carbocycles. The van der Waals surface area contributed by atoms with Gasteiger partial charge in [-0.25, -0.2) is 12.8 Å². The first-order valence-electron chi connectivity index (χ1n) is 5.70. The third-order valence-electron chi connectivity index (χ3n) is 3.08. The van der Waals surface area contributed by atoms with E-state index in [0.29, 0.717) is 19.0 Å². The van der Waals surface area contributed by atoms with Gasteiger partial charge in [-0.05, 0) is 24.8 Å². The normalized spacial score (nSPS) is 21.3. The maximum absolute atomic E-state index is 13.0. The lowest BCUT2D eigenvalue weighted by Crippen LogP contribution is -2.29. The van der Waals surface area contributed by atoms with Crippen molar-refractivity contribution in [2.75, 3.05) is 18.4 Å². The molecule has 0 bridgehead atoms. The molecule has 7 heteroatoms. The zero-order chi connectivity index (χ0) is 13.2. The van der Waals surface area contributed by atoms with Crippen molar-refractivity contribution >= 4 is 26.0 Å². The first kappa shape index (κ1) is 13.9. The van der Waals surface area contributed by atoms with Crippen molar-refractivity contribution in [3.05, 3.63) is 24.3 Å². The molecule has 2 rings (SSSR count). The van der Waals surface area contributed by atoms with Crippen molar-refractivity contribution in [3.63, 3.8) is 0 Å². The van der Waals surface area contributed by atoms with E-state index in [1.807, 2.05) is 0 Å². The van der Waals surface area contributed by atoms with Crippen LogP contribution in [0.1, 0.15) is 12.8 Å². The Morgan fingerprint density at radius 2 is 2.28 bits per heavy atom. The summed E-state index contributed by atoms with van der Waals surface area (Å²) in [7, 11) is -3.60. The van der Waals surface area contributed by atoms with Crippen molar-refractivity contribution in [1.29, 1.82) is 0 Å². The molecule has 1 saturated heterocycles. The van der Waals surface area contributed by atoms with Crippen LogP contribution in [0.3, 0.4) is 0 Å². The van der Waals surface area contributed by atoms with Gasteiger partial charge in [0.15, 0.2) is 0 Å². The monoisotopic (exact) mass is 336 g/mol. The molecule has 1 aliphatic rings. The summed E-state index contributed by atoms with van der Waals surface area (Å²) < 4.78 is 38.9. The molecule has 100 valence electrons. The molecule has 1 aliphatic heterocycles. The van der Waals surface area contributed by atoms with Crippen LogP contribution in [0.2, 0.25) is 0 Å². The summed E-state index contributed by atoms with van der Waals surface area (Å²) in [4.78, 5) is 3.52. The molecule has 0 N–H and O–H groups in total. The molecule has 1 fully saturated rings. The van der Waals surface area contributed by atoms with E-state index in [1.165, 1.54) is 10.5 Å². The smallest absolute Gasteiger partial charge is 0.244 e. The van der Waals surface area contributed by atoms with Gasteiger partial charge in [0.05, 0.1) is 6.20 Å². The lowest BCUT2D eigenvalue weighted by atomic mass is 10.1. The third-order valence-corrected chi connectivity index (χ3v) is 5.37. The zero-order valence-electron chi connectivity index (χ0n) is 9.72. The Bertz CT molecular complexity index is 524. The van der Waals surface area contributed by atoms with E-state index in [1.54, 1.807) is 0 Å². The Kier molecular flexibility index (Phi) is 4.34. The summed E-state index contributed by atoms with van der Waals surface area (Å²) >= 11 is 3.36. The Hall–Kier alpha value is -0.530. The second kappa shape index (κ2) is 5.63. The molecule has 1 unspecified atom stereocenters. The second-order valence-corrected chi connectivity index (χ2v) is 7.07. The predicted octanol–water partition coefficient (Wildman–Crippen LogP) is 2.02. The summed E-state index contributed by atoms with van der Waals surface area (Å²) in [5.74, 6) is -0.257. The number of aromatic nitrogens is 1. The number of alkyl halides is 1. The highest BCUT2D eigenvalue weighted by molar-refractivity contribution is 9.09. The molecule has 1 aromatic rings. The average molecular weight is 337 g/mol. The maximum atomic E-state index is 13.0. The highest BCUT2D eigenvalue weighted by atomic mass is 79.9. The molecule has 0 amide bonds. The number of pyridine rings is 1. The SMILES string of the molecule is O=S(=O)(c1cncc(F)c1)N1CCC(CCBr)C1. The number of sulfonamides is 1. The quantitative estimate of drug-likeness (QED) is 0.790. The van der Waals surface area contributed by atoms with E-state index < -0.39 is 15.8 Å². The summed E-state index contributed by atoms with van der Waals surface area (Å²) in [5, 5.41) is 0.868. The topological polar surface area (TPSA) is 50.3 Å². The molecule has 18 heavy (non-hydrogen) atoms. The first-order valence-corrected chi connectivity index (χ1v) is 8.27. The van der Waals surface area contributed by atoms with E-state index in [4.69, 9.17) is 0 Å². The van der Waals surface area contributed by atoms with Gasteiger partial charge in [-0.3, -0.25) is 4.98 Å². The molecule has 4 nitrogen and oxygen atoms in total. The van der Waals surface area contributed by atoms with Crippen LogP contribution in [0, 0.1) is 11.7 Å². The number of rotatable bonds is 4. The van der Waals surface area contributed by atoms with Crippen molar-refractivity contribution in [1.82, 2.24) is 9.29 Å². The highest BCUT2D eigenvalue weighted by Crippen LogP contribution is 2.26. The van der Waals surface area contributed by atoms with Crippen LogP contribution in [0.15, 0.2) is 23.4 Å². The van der Waals surface area contributed by atoms with Gasteiger partial charge in [-0.15, -0.1) is 0 Å². The van der Waals surface area contributed by atoms with Gasteiger partial charge in [-0.1, -0.05) is 15.9 Å². The molecule has 1 aromatic heterocycles. The molecule has 0 saturated carbocycles. The Balaban J connectivity index is 2.18. The molecule has 0 aromatic carbocycles. The van der Waals surface area contributed by atoms with Gasteiger partial charge >= 0.3 is 0 Å². The summed E-state index contributed by atoms with van der Waals surface area (Å²) in [5.41, 5.74) is 0.